The molecule has 1 aromatic carbocycles. The third kappa shape index (κ3) is 5.31. The van der Waals surface area contributed by atoms with Crippen LogP contribution in [0.4, 0.5) is 5.82 Å². The Labute approximate surface area is 206 Å². The van der Waals surface area contributed by atoms with Gasteiger partial charge < -0.3 is 20.2 Å². The molecule has 0 radical (unpaired) electrons. The highest BCUT2D eigenvalue weighted by Crippen LogP contribution is 2.26. The third-order valence-electron chi connectivity index (χ3n) is 7.57. The SMILES string of the molecule is CC(=O)N1CCCC(Nc2cc(C(=O)N3CC[C@H](N4CCc5ccccc5C4)[C@@H](O)C3)ncn2)C1. The van der Waals surface area contributed by atoms with E-state index < -0.39 is 6.10 Å². The minimum absolute atomic E-state index is 0.0468. The van der Waals surface area contributed by atoms with Crippen molar-refractivity contribution >= 4 is 17.6 Å². The number of hydrogen-bond donors (Lipinski definition) is 2. The molecule has 3 aliphatic heterocycles. The lowest BCUT2D eigenvalue weighted by Crippen LogP contribution is -2.56. The summed E-state index contributed by atoms with van der Waals surface area (Å²) in [6.07, 6.45) is 4.40. The van der Waals surface area contributed by atoms with Crippen LogP contribution < -0.4 is 5.32 Å². The molecule has 5 rings (SSSR count). The number of benzene rings is 1. The number of piperidine rings is 2. The number of anilines is 1. The number of carbonyl (C=O) groups is 2. The Kier molecular flexibility index (Phi) is 6.97. The number of nitrogens with one attached hydrogen (secondary N) is 1. The lowest BCUT2D eigenvalue weighted by atomic mass is 9.94. The molecule has 4 heterocycles. The van der Waals surface area contributed by atoms with Gasteiger partial charge in [0.15, 0.2) is 0 Å². The van der Waals surface area contributed by atoms with Gasteiger partial charge in [0.25, 0.3) is 5.91 Å². The fraction of sp³-hybridized carbons (Fsp3) is 0.538. The number of amides is 2. The second-order valence-corrected chi connectivity index (χ2v) is 9.90. The standard InChI is InChI=1S/C26H34N6O3/c1-18(33)30-10-4-7-21(15-30)29-25-13-22(27-17-28-25)26(35)32-12-9-23(24(34)16-32)31-11-8-19-5-2-3-6-20(19)14-31/h2-3,5-6,13,17,21,23-24,34H,4,7-12,14-16H2,1H3,(H,27,28,29)/t21?,23-,24-/m0/s1. The number of β-amino-alcohol motifs (C(OH)–C–C–N with tert-alkyl or cyclic N) is 1. The minimum Gasteiger partial charge on any atom is -0.390 e. The quantitative estimate of drug-likeness (QED) is 0.687. The topological polar surface area (TPSA) is 102 Å². The Morgan fingerprint density at radius 2 is 1.86 bits per heavy atom. The molecule has 2 N–H and O–H groups in total. The van der Waals surface area contributed by atoms with Gasteiger partial charge in [-0.3, -0.25) is 14.5 Å². The fourth-order valence-corrected chi connectivity index (χ4v) is 5.64. The predicted molar refractivity (Wildman–Crippen MR) is 132 cm³/mol. The highest BCUT2D eigenvalue weighted by molar-refractivity contribution is 5.93. The van der Waals surface area contributed by atoms with Crippen molar-refractivity contribution in [1.82, 2.24) is 24.7 Å². The number of aliphatic hydroxyl groups excluding tert-OH is 1. The molecule has 9 nitrogen and oxygen atoms in total. The maximum absolute atomic E-state index is 13.2. The van der Waals surface area contributed by atoms with Gasteiger partial charge in [-0.2, -0.15) is 0 Å². The Morgan fingerprint density at radius 1 is 1.03 bits per heavy atom. The van der Waals surface area contributed by atoms with Crippen LogP contribution in [0, 0.1) is 0 Å². The summed E-state index contributed by atoms with van der Waals surface area (Å²) < 4.78 is 0. The van der Waals surface area contributed by atoms with Crippen molar-refractivity contribution in [3.8, 4) is 0 Å². The summed E-state index contributed by atoms with van der Waals surface area (Å²) in [5.41, 5.74) is 3.04. The number of likely N-dealkylation sites (tertiary alicyclic amines) is 2. The molecule has 35 heavy (non-hydrogen) atoms. The average molecular weight is 479 g/mol. The van der Waals surface area contributed by atoms with Crippen molar-refractivity contribution in [2.45, 2.75) is 57.3 Å². The van der Waals surface area contributed by atoms with Crippen molar-refractivity contribution in [2.24, 2.45) is 0 Å². The molecule has 2 aromatic rings. The third-order valence-corrected chi connectivity index (χ3v) is 7.57. The zero-order valence-corrected chi connectivity index (χ0v) is 20.3. The van der Waals surface area contributed by atoms with E-state index in [1.54, 1.807) is 17.9 Å². The molecule has 3 atom stereocenters. The summed E-state index contributed by atoms with van der Waals surface area (Å²) >= 11 is 0. The molecule has 2 amide bonds. The largest absolute Gasteiger partial charge is 0.390 e. The van der Waals surface area contributed by atoms with E-state index in [0.717, 1.165) is 45.3 Å². The highest BCUT2D eigenvalue weighted by Gasteiger charge is 2.35. The molecule has 0 spiro atoms. The maximum Gasteiger partial charge on any atom is 0.272 e. The van der Waals surface area contributed by atoms with E-state index in [1.807, 2.05) is 4.90 Å². The van der Waals surface area contributed by atoms with Crippen LogP contribution in [0.15, 0.2) is 36.7 Å². The first kappa shape index (κ1) is 23.7. The van der Waals surface area contributed by atoms with Gasteiger partial charge in [0.1, 0.15) is 17.8 Å². The van der Waals surface area contributed by atoms with Crippen LogP contribution in [0.5, 0.6) is 0 Å². The first-order valence-corrected chi connectivity index (χ1v) is 12.6. The number of aliphatic hydroxyl groups is 1. The second kappa shape index (κ2) is 10.3. The van der Waals surface area contributed by atoms with Crippen molar-refractivity contribution in [2.75, 3.05) is 38.0 Å². The van der Waals surface area contributed by atoms with Gasteiger partial charge in [0, 0.05) is 64.3 Å². The lowest BCUT2D eigenvalue weighted by Gasteiger charge is -2.43. The van der Waals surface area contributed by atoms with Crippen LogP contribution in [0.25, 0.3) is 0 Å². The normalized spacial score (nSPS) is 25.1. The Balaban J connectivity index is 1.19. The van der Waals surface area contributed by atoms with E-state index in [9.17, 15) is 14.7 Å². The molecule has 0 saturated carbocycles. The van der Waals surface area contributed by atoms with E-state index in [4.69, 9.17) is 0 Å². The van der Waals surface area contributed by atoms with Crippen LogP contribution in [-0.2, 0) is 17.8 Å². The van der Waals surface area contributed by atoms with Gasteiger partial charge in [0.2, 0.25) is 5.91 Å². The second-order valence-electron chi connectivity index (χ2n) is 9.90. The van der Waals surface area contributed by atoms with Crippen LogP contribution in [0.1, 0.15) is 47.8 Å². The summed E-state index contributed by atoms with van der Waals surface area (Å²) in [5, 5.41) is 14.3. The number of nitrogens with zero attached hydrogens (tertiary/aromatic N) is 5. The van der Waals surface area contributed by atoms with Crippen LogP contribution in [0.2, 0.25) is 0 Å². The Morgan fingerprint density at radius 3 is 2.66 bits per heavy atom. The van der Waals surface area contributed by atoms with Crippen LogP contribution in [-0.4, -0.2) is 92.5 Å². The number of rotatable bonds is 4. The Hall–Kier alpha value is -3.04. The highest BCUT2D eigenvalue weighted by atomic mass is 16.3. The van der Waals surface area contributed by atoms with Crippen molar-refractivity contribution in [3.05, 3.63) is 53.5 Å². The number of aromatic nitrogens is 2. The van der Waals surface area contributed by atoms with E-state index >= 15 is 0 Å². The molecule has 0 bridgehead atoms. The first-order chi connectivity index (χ1) is 17.0. The molecule has 1 aromatic heterocycles. The molecule has 0 aliphatic carbocycles. The Bertz CT molecular complexity index is 1080. The molecule has 2 fully saturated rings. The van der Waals surface area contributed by atoms with Gasteiger partial charge >= 0.3 is 0 Å². The van der Waals surface area contributed by atoms with Gasteiger partial charge in [-0.15, -0.1) is 0 Å². The zero-order valence-electron chi connectivity index (χ0n) is 20.3. The van der Waals surface area contributed by atoms with Gasteiger partial charge in [-0.1, -0.05) is 24.3 Å². The minimum atomic E-state index is -0.600. The van der Waals surface area contributed by atoms with Gasteiger partial charge in [-0.25, -0.2) is 9.97 Å². The summed E-state index contributed by atoms with van der Waals surface area (Å²) in [7, 11) is 0. The van der Waals surface area contributed by atoms with E-state index in [1.165, 1.54) is 17.5 Å². The van der Waals surface area contributed by atoms with Crippen molar-refractivity contribution in [1.29, 1.82) is 0 Å². The smallest absolute Gasteiger partial charge is 0.272 e. The lowest BCUT2D eigenvalue weighted by molar-refractivity contribution is -0.129. The van der Waals surface area contributed by atoms with Gasteiger partial charge in [0.05, 0.1) is 6.10 Å². The van der Waals surface area contributed by atoms with Crippen LogP contribution >= 0.6 is 0 Å². The van der Waals surface area contributed by atoms with Crippen molar-refractivity contribution < 1.29 is 14.7 Å². The number of carbonyl (C=O) groups excluding carboxylic acids is 2. The molecule has 3 aliphatic rings. The van der Waals surface area contributed by atoms with E-state index in [2.05, 4.69) is 44.5 Å². The molecular formula is C26H34N6O3. The maximum atomic E-state index is 13.2. The molecule has 2 saturated heterocycles. The average Bonchev–Trinajstić information content (AvgIpc) is 2.88. The molecular weight excluding hydrogens is 444 g/mol. The summed E-state index contributed by atoms with van der Waals surface area (Å²) in [4.78, 5) is 39.3. The fourth-order valence-electron chi connectivity index (χ4n) is 5.64. The molecule has 186 valence electrons. The number of hydrogen-bond acceptors (Lipinski definition) is 7. The van der Waals surface area contributed by atoms with Crippen LogP contribution in [0.3, 0.4) is 0 Å². The monoisotopic (exact) mass is 478 g/mol. The molecule has 9 heteroatoms. The predicted octanol–water partition coefficient (Wildman–Crippen LogP) is 1.53. The van der Waals surface area contributed by atoms with E-state index in [0.29, 0.717) is 31.1 Å². The first-order valence-electron chi connectivity index (χ1n) is 12.6. The van der Waals surface area contributed by atoms with Crippen molar-refractivity contribution in [3.63, 3.8) is 0 Å². The summed E-state index contributed by atoms with van der Waals surface area (Å²) in [6, 6.07) is 10.3. The summed E-state index contributed by atoms with van der Waals surface area (Å²) in [6.45, 7) is 5.65. The zero-order chi connectivity index (χ0) is 24.4. The molecule has 1 unspecified atom stereocenters. The number of fused-ring (bicyclic) bond motifs is 1. The van der Waals surface area contributed by atoms with Gasteiger partial charge in [-0.05, 0) is 36.8 Å². The van der Waals surface area contributed by atoms with E-state index in [-0.39, 0.29) is 23.9 Å². The summed E-state index contributed by atoms with van der Waals surface area (Å²) in [5.74, 6) is 0.470.